The van der Waals surface area contributed by atoms with Gasteiger partial charge in [0.05, 0.1) is 5.41 Å². The Morgan fingerprint density at radius 3 is 2.50 bits per heavy atom. The first-order chi connectivity index (χ1) is 9.56. The lowest BCUT2D eigenvalue weighted by atomic mass is 9.72. The lowest BCUT2D eigenvalue weighted by Gasteiger charge is -2.39. The highest BCUT2D eigenvalue weighted by Gasteiger charge is 2.51. The molecular weight excluding hydrogens is 256 g/mol. The summed E-state index contributed by atoms with van der Waals surface area (Å²) >= 11 is 0. The van der Waals surface area contributed by atoms with Crippen LogP contribution in [0.3, 0.4) is 0 Å². The molecule has 1 aliphatic heterocycles. The summed E-state index contributed by atoms with van der Waals surface area (Å²) in [5.74, 6) is -1.35. The minimum Gasteiger partial charge on any atom is -0.368 e. The SMILES string of the molecule is NC(=O)CN1C(=O)c2ccccc2C2(CCCC2)C1=O. The number of nitrogens with zero attached hydrogens (tertiary/aromatic N) is 1. The van der Waals surface area contributed by atoms with Crippen LogP contribution in [0.2, 0.25) is 0 Å². The van der Waals surface area contributed by atoms with Gasteiger partial charge >= 0.3 is 0 Å². The molecule has 2 aliphatic rings. The number of nitrogens with two attached hydrogens (primary N) is 1. The smallest absolute Gasteiger partial charge is 0.261 e. The molecule has 0 atom stereocenters. The first kappa shape index (κ1) is 12.8. The van der Waals surface area contributed by atoms with Crippen molar-refractivity contribution in [2.45, 2.75) is 31.1 Å². The largest absolute Gasteiger partial charge is 0.368 e. The van der Waals surface area contributed by atoms with Crippen LogP contribution in [-0.2, 0) is 15.0 Å². The van der Waals surface area contributed by atoms with Crippen molar-refractivity contribution in [2.75, 3.05) is 6.54 Å². The number of hydrogen-bond acceptors (Lipinski definition) is 3. The van der Waals surface area contributed by atoms with Gasteiger partial charge in [-0.05, 0) is 24.5 Å². The van der Waals surface area contributed by atoms with Crippen molar-refractivity contribution in [2.24, 2.45) is 5.73 Å². The molecule has 0 unspecified atom stereocenters. The minimum absolute atomic E-state index is 0.266. The molecule has 2 N–H and O–H groups in total. The van der Waals surface area contributed by atoms with Crippen LogP contribution >= 0.6 is 0 Å². The number of benzene rings is 1. The Hall–Kier alpha value is -2.17. The molecule has 1 aliphatic carbocycles. The first-order valence-corrected chi connectivity index (χ1v) is 6.80. The van der Waals surface area contributed by atoms with Crippen LogP contribution in [0.25, 0.3) is 0 Å². The fourth-order valence-corrected chi connectivity index (χ4v) is 3.46. The van der Waals surface area contributed by atoms with Crippen molar-refractivity contribution in [3.63, 3.8) is 0 Å². The molecule has 0 aromatic heterocycles. The zero-order valence-electron chi connectivity index (χ0n) is 11.1. The normalized spacial score (nSPS) is 20.3. The summed E-state index contributed by atoms with van der Waals surface area (Å²) < 4.78 is 0. The van der Waals surface area contributed by atoms with E-state index in [2.05, 4.69) is 0 Å². The molecule has 5 heteroatoms. The van der Waals surface area contributed by atoms with E-state index in [1.165, 1.54) is 0 Å². The molecule has 1 spiro atoms. The highest BCUT2D eigenvalue weighted by molar-refractivity contribution is 6.14. The van der Waals surface area contributed by atoms with Crippen molar-refractivity contribution in [1.82, 2.24) is 4.90 Å². The number of carbonyl (C=O) groups excluding carboxylic acids is 3. The Balaban J connectivity index is 2.16. The molecular formula is C15H16N2O3. The van der Waals surface area contributed by atoms with Gasteiger partial charge in [-0.2, -0.15) is 0 Å². The van der Waals surface area contributed by atoms with E-state index < -0.39 is 17.2 Å². The van der Waals surface area contributed by atoms with E-state index in [-0.39, 0.29) is 12.5 Å². The molecule has 1 aromatic carbocycles. The third-order valence-corrected chi connectivity index (χ3v) is 4.34. The second kappa shape index (κ2) is 4.44. The average Bonchev–Trinajstić information content (AvgIpc) is 2.92. The number of rotatable bonds is 2. The van der Waals surface area contributed by atoms with E-state index >= 15 is 0 Å². The van der Waals surface area contributed by atoms with Crippen LogP contribution in [0.1, 0.15) is 41.6 Å². The molecule has 0 radical (unpaired) electrons. The maximum atomic E-state index is 12.8. The highest BCUT2D eigenvalue weighted by atomic mass is 16.2. The van der Waals surface area contributed by atoms with Crippen LogP contribution in [0.5, 0.6) is 0 Å². The monoisotopic (exact) mass is 272 g/mol. The minimum atomic E-state index is -0.667. The summed E-state index contributed by atoms with van der Waals surface area (Å²) in [4.78, 5) is 37.3. The van der Waals surface area contributed by atoms with Gasteiger partial charge in [-0.25, -0.2) is 0 Å². The summed E-state index contributed by atoms with van der Waals surface area (Å²) in [7, 11) is 0. The van der Waals surface area contributed by atoms with Gasteiger partial charge in [-0.1, -0.05) is 31.0 Å². The summed E-state index contributed by atoms with van der Waals surface area (Å²) in [5, 5.41) is 0. The van der Waals surface area contributed by atoms with Crippen LogP contribution in [0, 0.1) is 0 Å². The summed E-state index contributed by atoms with van der Waals surface area (Å²) in [6.07, 6.45) is 3.37. The third-order valence-electron chi connectivity index (χ3n) is 4.34. The van der Waals surface area contributed by atoms with Gasteiger partial charge in [0.15, 0.2) is 0 Å². The number of hydrogen-bond donors (Lipinski definition) is 1. The Labute approximate surface area is 116 Å². The van der Waals surface area contributed by atoms with Crippen molar-refractivity contribution in [1.29, 1.82) is 0 Å². The maximum absolute atomic E-state index is 12.8. The first-order valence-electron chi connectivity index (χ1n) is 6.80. The molecule has 1 heterocycles. The zero-order valence-corrected chi connectivity index (χ0v) is 11.1. The van der Waals surface area contributed by atoms with Crippen molar-refractivity contribution in [3.05, 3.63) is 35.4 Å². The van der Waals surface area contributed by atoms with E-state index in [0.717, 1.165) is 36.1 Å². The summed E-state index contributed by atoms with van der Waals surface area (Å²) in [6, 6.07) is 7.21. The molecule has 1 fully saturated rings. The summed E-state index contributed by atoms with van der Waals surface area (Å²) in [6.45, 7) is -0.340. The number of fused-ring (bicyclic) bond motifs is 2. The average molecular weight is 272 g/mol. The van der Waals surface area contributed by atoms with E-state index in [0.29, 0.717) is 5.56 Å². The van der Waals surface area contributed by atoms with Crippen LogP contribution in [-0.4, -0.2) is 29.2 Å². The van der Waals surface area contributed by atoms with Gasteiger partial charge in [0.1, 0.15) is 6.54 Å². The number of amides is 3. The highest BCUT2D eigenvalue weighted by Crippen LogP contribution is 2.46. The van der Waals surface area contributed by atoms with Gasteiger partial charge < -0.3 is 5.73 Å². The lowest BCUT2D eigenvalue weighted by molar-refractivity contribution is -0.138. The topological polar surface area (TPSA) is 80.5 Å². The molecule has 20 heavy (non-hydrogen) atoms. The Bertz CT molecular complexity index is 603. The predicted octanol–water partition coefficient (Wildman–Crippen LogP) is 0.966. The quantitative estimate of drug-likeness (QED) is 0.814. The number of carbonyl (C=O) groups is 3. The van der Waals surface area contributed by atoms with Gasteiger partial charge in [-0.15, -0.1) is 0 Å². The summed E-state index contributed by atoms with van der Waals surface area (Å²) in [5.41, 5.74) is 5.87. The molecule has 1 aromatic rings. The van der Waals surface area contributed by atoms with Gasteiger partial charge in [0, 0.05) is 5.56 Å². The second-order valence-corrected chi connectivity index (χ2v) is 5.50. The van der Waals surface area contributed by atoms with E-state index in [1.54, 1.807) is 12.1 Å². The number of imide groups is 1. The zero-order chi connectivity index (χ0) is 14.3. The van der Waals surface area contributed by atoms with Crippen molar-refractivity contribution < 1.29 is 14.4 Å². The van der Waals surface area contributed by atoms with E-state index in [9.17, 15) is 14.4 Å². The lowest BCUT2D eigenvalue weighted by Crippen LogP contribution is -2.55. The fraction of sp³-hybridized carbons (Fsp3) is 0.400. The standard InChI is InChI=1S/C15H16N2O3/c16-12(18)9-17-13(19)10-5-1-2-6-11(10)15(14(17)20)7-3-4-8-15/h1-2,5-6H,3-4,7-9H2,(H2,16,18). The molecule has 104 valence electrons. The predicted molar refractivity (Wildman–Crippen MR) is 71.8 cm³/mol. The molecule has 1 saturated carbocycles. The van der Waals surface area contributed by atoms with E-state index in [4.69, 9.17) is 5.73 Å². The Kier molecular flexibility index (Phi) is 2.85. The van der Waals surface area contributed by atoms with Crippen LogP contribution in [0.4, 0.5) is 0 Å². The van der Waals surface area contributed by atoms with Crippen molar-refractivity contribution in [3.8, 4) is 0 Å². The maximum Gasteiger partial charge on any atom is 0.261 e. The number of primary amides is 1. The molecule has 0 bridgehead atoms. The van der Waals surface area contributed by atoms with Crippen molar-refractivity contribution >= 4 is 17.7 Å². The van der Waals surface area contributed by atoms with E-state index in [1.807, 2.05) is 12.1 Å². The molecule has 5 nitrogen and oxygen atoms in total. The van der Waals surface area contributed by atoms with Gasteiger partial charge in [-0.3, -0.25) is 19.3 Å². The van der Waals surface area contributed by atoms with Crippen LogP contribution < -0.4 is 5.73 Å². The third kappa shape index (κ3) is 1.66. The molecule has 3 rings (SSSR count). The molecule has 3 amide bonds. The fourth-order valence-electron chi connectivity index (χ4n) is 3.46. The Morgan fingerprint density at radius 2 is 1.85 bits per heavy atom. The van der Waals surface area contributed by atoms with Gasteiger partial charge in [0.25, 0.3) is 5.91 Å². The Morgan fingerprint density at radius 1 is 1.20 bits per heavy atom. The van der Waals surface area contributed by atoms with Crippen LogP contribution in [0.15, 0.2) is 24.3 Å². The van der Waals surface area contributed by atoms with Gasteiger partial charge in [0.2, 0.25) is 11.8 Å². The second-order valence-electron chi connectivity index (χ2n) is 5.50. The molecule has 0 saturated heterocycles.